The predicted molar refractivity (Wildman–Crippen MR) is 108 cm³/mol. The largest absolute Gasteiger partial charge is 0.426 e. The van der Waals surface area contributed by atoms with Gasteiger partial charge in [0.25, 0.3) is 0 Å². The minimum absolute atomic E-state index is 0.00463. The maximum atomic E-state index is 11.7. The second-order valence-corrected chi connectivity index (χ2v) is 8.52. The van der Waals surface area contributed by atoms with Crippen molar-refractivity contribution in [3.05, 3.63) is 29.8 Å². The molecule has 1 aromatic rings. The number of hydrogen-bond donors (Lipinski definition) is 1. The van der Waals surface area contributed by atoms with Gasteiger partial charge in [0.05, 0.1) is 5.75 Å². The number of aryl methyl sites for hydroxylation is 1. The van der Waals surface area contributed by atoms with Crippen LogP contribution >= 0.6 is 11.8 Å². The first kappa shape index (κ1) is 24.2. The summed E-state index contributed by atoms with van der Waals surface area (Å²) in [5.74, 6) is 0.939. The highest BCUT2D eigenvalue weighted by atomic mass is 32.2. The van der Waals surface area contributed by atoms with Crippen LogP contribution in [0.1, 0.15) is 53.0 Å². The van der Waals surface area contributed by atoms with Crippen molar-refractivity contribution < 1.29 is 19.1 Å². The molecule has 146 valence electrons. The van der Waals surface area contributed by atoms with Crippen LogP contribution in [0.25, 0.3) is 0 Å². The van der Waals surface area contributed by atoms with Crippen molar-refractivity contribution >= 4 is 29.4 Å². The first-order valence-corrected chi connectivity index (χ1v) is 9.69. The molecule has 5 nitrogen and oxygen atoms in total. The molecular weight excluding hydrogens is 350 g/mol. The minimum atomic E-state index is -0.233. The first-order valence-electron chi connectivity index (χ1n) is 8.71. The highest BCUT2D eigenvalue weighted by Gasteiger charge is 2.14. The Hall–Kier alpha value is -1.82. The Morgan fingerprint density at radius 1 is 1.12 bits per heavy atom. The third-order valence-electron chi connectivity index (χ3n) is 3.22. The molecule has 1 rings (SSSR count). The number of ether oxygens (including phenoxy) is 1. The number of amides is 1. The van der Waals surface area contributed by atoms with Gasteiger partial charge >= 0.3 is 5.97 Å². The molecule has 0 atom stereocenters. The number of carbonyl (C=O) groups is 3. The van der Waals surface area contributed by atoms with Gasteiger partial charge in [-0.05, 0) is 24.1 Å². The van der Waals surface area contributed by atoms with Crippen LogP contribution < -0.4 is 10.1 Å². The lowest BCUT2D eigenvalue weighted by molar-refractivity contribution is -0.131. The lowest BCUT2D eigenvalue weighted by Crippen LogP contribution is -2.16. The molecule has 1 aromatic carbocycles. The van der Waals surface area contributed by atoms with Crippen molar-refractivity contribution in [1.82, 2.24) is 5.32 Å². The van der Waals surface area contributed by atoms with Gasteiger partial charge in [-0.2, -0.15) is 0 Å². The van der Waals surface area contributed by atoms with Crippen molar-refractivity contribution in [2.45, 2.75) is 58.6 Å². The molecule has 0 unspecified atom stereocenters. The van der Waals surface area contributed by atoms with Gasteiger partial charge in [0, 0.05) is 31.6 Å². The molecule has 0 aliphatic rings. The van der Waals surface area contributed by atoms with Crippen LogP contribution in [0.5, 0.6) is 5.75 Å². The predicted octanol–water partition coefficient (Wildman–Crippen LogP) is 3.79. The molecule has 0 heterocycles. The third-order valence-corrected chi connectivity index (χ3v) is 4.46. The number of nitrogens with one attached hydrogen (secondary N) is 1. The summed E-state index contributed by atoms with van der Waals surface area (Å²) in [6.07, 6.45) is 1.89. The maximum absolute atomic E-state index is 11.7. The zero-order valence-electron chi connectivity index (χ0n) is 16.7. The molecule has 26 heavy (non-hydrogen) atoms. The van der Waals surface area contributed by atoms with E-state index < -0.39 is 0 Å². The van der Waals surface area contributed by atoms with Crippen LogP contribution in [0, 0.1) is 0 Å². The van der Waals surface area contributed by atoms with E-state index in [9.17, 15) is 14.4 Å². The molecule has 0 fully saturated rings. The fourth-order valence-corrected chi connectivity index (χ4v) is 2.23. The number of hydrogen-bond acceptors (Lipinski definition) is 5. The molecule has 0 saturated heterocycles. The van der Waals surface area contributed by atoms with Crippen molar-refractivity contribution in [2.24, 2.45) is 0 Å². The number of thioether (sulfide) groups is 1. The van der Waals surface area contributed by atoms with Gasteiger partial charge in [0.15, 0.2) is 0 Å². The van der Waals surface area contributed by atoms with Gasteiger partial charge in [-0.3, -0.25) is 14.4 Å². The molecule has 1 N–H and O–H groups in total. The van der Waals surface area contributed by atoms with E-state index in [-0.39, 0.29) is 22.4 Å². The summed E-state index contributed by atoms with van der Waals surface area (Å²) < 4.78 is 5.34. The fourth-order valence-electron chi connectivity index (χ4n) is 1.62. The van der Waals surface area contributed by atoms with E-state index in [0.717, 1.165) is 12.0 Å². The van der Waals surface area contributed by atoms with E-state index in [1.165, 1.54) is 6.92 Å². The van der Waals surface area contributed by atoms with Gasteiger partial charge in [0.1, 0.15) is 11.5 Å². The van der Waals surface area contributed by atoms with Crippen molar-refractivity contribution in [2.75, 3.05) is 12.8 Å². The molecule has 0 bridgehead atoms. The molecule has 0 radical (unpaired) electrons. The molecule has 0 saturated carbocycles. The zero-order chi connectivity index (χ0) is 20.2. The van der Waals surface area contributed by atoms with Crippen LogP contribution in [0.4, 0.5) is 0 Å². The molecule has 0 aromatic heterocycles. The number of carbonyl (C=O) groups excluding carboxylic acids is 3. The topological polar surface area (TPSA) is 72.5 Å². The van der Waals surface area contributed by atoms with E-state index in [1.807, 2.05) is 19.1 Å². The molecule has 0 aliphatic carbocycles. The van der Waals surface area contributed by atoms with Gasteiger partial charge in [-0.1, -0.05) is 39.8 Å². The summed E-state index contributed by atoms with van der Waals surface area (Å²) in [6, 6.07) is 7.38. The normalized spacial score (nSPS) is 10.4. The minimum Gasteiger partial charge on any atom is -0.426 e. The highest BCUT2D eigenvalue weighted by Crippen LogP contribution is 2.23. The summed E-state index contributed by atoms with van der Waals surface area (Å²) in [5.41, 5.74) is 1.08. The monoisotopic (exact) mass is 381 g/mol. The van der Waals surface area contributed by atoms with Crippen molar-refractivity contribution in [1.29, 1.82) is 0 Å². The average molecular weight is 382 g/mol. The number of esters is 1. The van der Waals surface area contributed by atoms with Gasteiger partial charge < -0.3 is 10.1 Å². The molecule has 6 heteroatoms. The smallest absolute Gasteiger partial charge is 0.321 e. The van der Waals surface area contributed by atoms with Crippen LogP contribution in [-0.4, -0.2) is 35.2 Å². The zero-order valence-corrected chi connectivity index (χ0v) is 17.5. The van der Waals surface area contributed by atoms with Crippen LogP contribution in [0.15, 0.2) is 24.3 Å². The second-order valence-electron chi connectivity index (χ2n) is 6.72. The quantitative estimate of drug-likeness (QED) is 0.575. The molecule has 0 aliphatic heterocycles. The summed E-state index contributed by atoms with van der Waals surface area (Å²) in [6.45, 7) is 9.55. The standard InChI is InChI=1S/C17H24O3S.C3H7NO/c1-5-14(18)9-6-13-7-10-15(11-8-13)20-16(19)12-21-17(2,3)4;1-3(5)4-2/h7-8,10-11H,5-6,9,12H2,1-4H3;1-2H3,(H,4,5). The first-order chi connectivity index (χ1) is 12.1. The van der Waals surface area contributed by atoms with E-state index >= 15 is 0 Å². The summed E-state index contributed by atoms with van der Waals surface area (Å²) in [4.78, 5) is 32.7. The van der Waals surface area contributed by atoms with Crippen LogP contribution in [0.2, 0.25) is 0 Å². The SMILES string of the molecule is CCC(=O)CCc1ccc(OC(=O)CSC(C)(C)C)cc1.CNC(C)=O. The van der Waals surface area contributed by atoms with Crippen LogP contribution in [0.3, 0.4) is 0 Å². The van der Waals surface area contributed by atoms with E-state index in [0.29, 0.717) is 24.3 Å². The van der Waals surface area contributed by atoms with Gasteiger partial charge in [0.2, 0.25) is 5.91 Å². The third kappa shape index (κ3) is 13.5. The Labute approximate surface area is 161 Å². The Morgan fingerprint density at radius 3 is 2.08 bits per heavy atom. The second kappa shape index (κ2) is 12.5. The summed E-state index contributed by atoms with van der Waals surface area (Å²) in [7, 11) is 1.60. The number of rotatable bonds is 7. The lowest BCUT2D eigenvalue weighted by Gasteiger charge is -2.16. The number of ketones is 1. The maximum Gasteiger partial charge on any atom is 0.321 e. The molecular formula is C20H31NO4S. The van der Waals surface area contributed by atoms with Crippen molar-refractivity contribution in [3.8, 4) is 5.75 Å². The Morgan fingerprint density at radius 2 is 1.65 bits per heavy atom. The molecule has 0 spiro atoms. The fraction of sp³-hybridized carbons (Fsp3) is 0.550. The van der Waals surface area contributed by atoms with E-state index in [2.05, 4.69) is 26.1 Å². The van der Waals surface area contributed by atoms with E-state index in [4.69, 9.17) is 4.74 Å². The Balaban J connectivity index is 0.00000110. The Bertz CT molecular complexity index is 576. The summed E-state index contributed by atoms with van der Waals surface area (Å²) >= 11 is 1.57. The number of benzene rings is 1. The van der Waals surface area contributed by atoms with Gasteiger partial charge in [-0.25, -0.2) is 0 Å². The average Bonchev–Trinajstić information content (AvgIpc) is 2.59. The van der Waals surface area contributed by atoms with Crippen LogP contribution in [-0.2, 0) is 20.8 Å². The Kier molecular flexibility index (Phi) is 11.6. The lowest BCUT2D eigenvalue weighted by atomic mass is 10.1. The summed E-state index contributed by atoms with van der Waals surface area (Å²) in [5, 5.41) is 2.39. The van der Waals surface area contributed by atoms with E-state index in [1.54, 1.807) is 30.9 Å². The van der Waals surface area contributed by atoms with Crippen molar-refractivity contribution in [3.63, 3.8) is 0 Å². The molecule has 1 amide bonds. The highest BCUT2D eigenvalue weighted by molar-refractivity contribution is 8.01. The number of Topliss-reactive ketones (excluding diaryl/α,β-unsaturated/α-hetero) is 1. The van der Waals surface area contributed by atoms with Gasteiger partial charge in [-0.15, -0.1) is 11.8 Å².